The Labute approximate surface area is 193 Å². The van der Waals surface area contributed by atoms with Crippen LogP contribution in [0.15, 0.2) is 42.5 Å². The minimum absolute atomic E-state index is 0.0678. The number of carbonyl (C=O) groups excluding carboxylic acids is 1. The van der Waals surface area contributed by atoms with E-state index in [0.717, 1.165) is 35.5 Å². The maximum absolute atomic E-state index is 12.8. The zero-order valence-electron chi connectivity index (χ0n) is 20.9. The van der Waals surface area contributed by atoms with Crippen LogP contribution < -0.4 is 14.2 Å². The highest BCUT2D eigenvalue weighted by atomic mass is 16.5. The highest BCUT2D eigenvalue weighted by molar-refractivity contribution is 6.07. The number of ether oxygens (including phenoxy) is 3. The minimum atomic E-state index is -0.382. The van der Waals surface area contributed by atoms with Gasteiger partial charge in [0.15, 0.2) is 5.78 Å². The molecule has 0 N–H and O–H groups in total. The molecule has 0 heterocycles. The summed E-state index contributed by atoms with van der Waals surface area (Å²) in [6.07, 6.45) is 5.31. The number of allylic oxidation sites excluding steroid dienone is 1. The van der Waals surface area contributed by atoms with Crippen LogP contribution >= 0.6 is 0 Å². The zero-order chi connectivity index (χ0) is 23.9. The van der Waals surface area contributed by atoms with Crippen molar-refractivity contribution >= 4 is 11.9 Å². The topological polar surface area (TPSA) is 44.8 Å². The van der Waals surface area contributed by atoms with Crippen molar-refractivity contribution in [3.63, 3.8) is 0 Å². The third-order valence-corrected chi connectivity index (χ3v) is 4.41. The molecule has 0 saturated carbocycles. The summed E-state index contributed by atoms with van der Waals surface area (Å²) in [6, 6.07) is 11.2. The highest BCUT2D eigenvalue weighted by Gasteiger charge is 2.20. The molecule has 2 rings (SSSR count). The Kier molecular flexibility index (Phi) is 8.54. The van der Waals surface area contributed by atoms with Crippen LogP contribution in [0.5, 0.6) is 17.2 Å². The average Bonchev–Trinajstić information content (AvgIpc) is 2.67. The lowest BCUT2D eigenvalue weighted by Crippen LogP contribution is -2.25. The number of rotatable bonds is 9. The van der Waals surface area contributed by atoms with Gasteiger partial charge >= 0.3 is 0 Å². The lowest BCUT2D eigenvalue weighted by atomic mass is 10.0. The molecular formula is C28H38O4. The maximum atomic E-state index is 12.8. The predicted octanol–water partition coefficient (Wildman–Crippen LogP) is 7.29. The largest absolute Gasteiger partial charge is 0.494 e. The Morgan fingerprint density at radius 1 is 0.875 bits per heavy atom. The van der Waals surface area contributed by atoms with E-state index in [9.17, 15) is 4.79 Å². The van der Waals surface area contributed by atoms with Gasteiger partial charge in [-0.3, -0.25) is 4.79 Å². The Hall–Kier alpha value is -2.75. The number of hydrogen-bond donors (Lipinski definition) is 0. The first-order valence-electron chi connectivity index (χ1n) is 11.4. The summed E-state index contributed by atoms with van der Waals surface area (Å²) in [5, 5.41) is 0. The third kappa shape index (κ3) is 8.07. The summed E-state index contributed by atoms with van der Waals surface area (Å²) in [7, 11) is 0. The molecule has 4 heteroatoms. The fraction of sp³-hybridized carbons (Fsp3) is 0.464. The first kappa shape index (κ1) is 25.5. The SMILES string of the molecule is CCCc1cc(/C=C/C(=O)c2ccc(OCC)cc2)c(OC(C)(C)C)cc1OC(C)(C)C. The van der Waals surface area contributed by atoms with Gasteiger partial charge in [0, 0.05) is 17.2 Å². The number of ketones is 1. The van der Waals surface area contributed by atoms with Crippen LogP contribution in [0.2, 0.25) is 0 Å². The molecule has 0 aromatic heterocycles. The fourth-order valence-corrected chi connectivity index (χ4v) is 3.21. The smallest absolute Gasteiger partial charge is 0.185 e. The molecular weight excluding hydrogens is 400 g/mol. The van der Waals surface area contributed by atoms with Crippen molar-refractivity contribution in [1.82, 2.24) is 0 Å². The van der Waals surface area contributed by atoms with Crippen molar-refractivity contribution < 1.29 is 19.0 Å². The first-order chi connectivity index (χ1) is 14.9. The molecule has 2 aromatic rings. The quantitative estimate of drug-likeness (QED) is 0.305. The summed E-state index contributed by atoms with van der Waals surface area (Å²) in [5.74, 6) is 2.22. The van der Waals surface area contributed by atoms with Gasteiger partial charge in [0.1, 0.15) is 28.5 Å². The second-order valence-electron chi connectivity index (χ2n) is 9.83. The molecule has 0 bridgehead atoms. The van der Waals surface area contributed by atoms with Crippen LogP contribution in [0.3, 0.4) is 0 Å². The van der Waals surface area contributed by atoms with Gasteiger partial charge in [0.05, 0.1) is 6.61 Å². The van der Waals surface area contributed by atoms with Gasteiger partial charge in [-0.25, -0.2) is 0 Å². The normalized spacial score (nSPS) is 12.1. The van der Waals surface area contributed by atoms with E-state index in [1.807, 2.05) is 72.7 Å². The maximum Gasteiger partial charge on any atom is 0.185 e. The van der Waals surface area contributed by atoms with Crippen molar-refractivity contribution in [1.29, 1.82) is 0 Å². The van der Waals surface area contributed by atoms with Crippen LogP contribution in [-0.2, 0) is 6.42 Å². The molecule has 4 nitrogen and oxygen atoms in total. The number of carbonyl (C=O) groups is 1. The molecule has 32 heavy (non-hydrogen) atoms. The molecule has 0 radical (unpaired) electrons. The summed E-state index contributed by atoms with van der Waals surface area (Å²) >= 11 is 0. The Morgan fingerprint density at radius 3 is 2.00 bits per heavy atom. The van der Waals surface area contributed by atoms with E-state index in [2.05, 4.69) is 13.0 Å². The molecule has 0 saturated heterocycles. The number of aryl methyl sites for hydroxylation is 1. The monoisotopic (exact) mass is 438 g/mol. The van der Waals surface area contributed by atoms with Crippen LogP contribution in [0.1, 0.15) is 83.3 Å². The van der Waals surface area contributed by atoms with Gasteiger partial charge in [-0.2, -0.15) is 0 Å². The Balaban J connectivity index is 2.42. The molecule has 2 aromatic carbocycles. The van der Waals surface area contributed by atoms with E-state index in [4.69, 9.17) is 14.2 Å². The van der Waals surface area contributed by atoms with E-state index < -0.39 is 0 Å². The van der Waals surface area contributed by atoms with Crippen molar-refractivity contribution in [2.24, 2.45) is 0 Å². The van der Waals surface area contributed by atoms with E-state index in [1.165, 1.54) is 0 Å². The summed E-state index contributed by atoms with van der Waals surface area (Å²) in [6.45, 7) is 16.8. The lowest BCUT2D eigenvalue weighted by Gasteiger charge is -2.27. The molecule has 0 atom stereocenters. The average molecular weight is 439 g/mol. The van der Waals surface area contributed by atoms with Gasteiger partial charge < -0.3 is 14.2 Å². The van der Waals surface area contributed by atoms with Crippen LogP contribution in [0.4, 0.5) is 0 Å². The highest BCUT2D eigenvalue weighted by Crippen LogP contribution is 2.35. The standard InChI is InChI=1S/C28H38O4/c1-9-11-21-18-22(14-17-24(29)20-12-15-23(16-13-20)30-10-2)26(32-28(6,7)8)19-25(21)31-27(3,4)5/h12-19H,9-11H2,1-8H3/b17-14+. The van der Waals surface area contributed by atoms with Crippen LogP contribution in [-0.4, -0.2) is 23.6 Å². The molecule has 0 aliphatic rings. The van der Waals surface area contributed by atoms with E-state index in [1.54, 1.807) is 18.2 Å². The van der Waals surface area contributed by atoms with Gasteiger partial charge in [0.2, 0.25) is 0 Å². The van der Waals surface area contributed by atoms with Gasteiger partial charge in [-0.05, 0) is 103 Å². The van der Waals surface area contributed by atoms with Crippen molar-refractivity contribution in [3.05, 3.63) is 59.2 Å². The summed E-state index contributed by atoms with van der Waals surface area (Å²) in [4.78, 5) is 12.8. The van der Waals surface area contributed by atoms with Gasteiger partial charge in [0.25, 0.3) is 0 Å². The molecule has 0 amide bonds. The second-order valence-corrected chi connectivity index (χ2v) is 9.83. The summed E-state index contributed by atoms with van der Waals surface area (Å²) in [5.41, 5.74) is 1.89. The van der Waals surface area contributed by atoms with Crippen molar-refractivity contribution in [3.8, 4) is 17.2 Å². The van der Waals surface area contributed by atoms with Gasteiger partial charge in [-0.1, -0.05) is 13.3 Å². The molecule has 174 valence electrons. The molecule has 0 fully saturated rings. The van der Waals surface area contributed by atoms with Crippen LogP contribution in [0, 0.1) is 0 Å². The van der Waals surface area contributed by atoms with Crippen molar-refractivity contribution in [2.75, 3.05) is 6.61 Å². The fourth-order valence-electron chi connectivity index (χ4n) is 3.21. The minimum Gasteiger partial charge on any atom is -0.494 e. The number of hydrogen-bond acceptors (Lipinski definition) is 4. The Morgan fingerprint density at radius 2 is 1.47 bits per heavy atom. The van der Waals surface area contributed by atoms with Crippen LogP contribution in [0.25, 0.3) is 6.08 Å². The molecule has 0 spiro atoms. The molecule has 0 aliphatic heterocycles. The van der Waals surface area contributed by atoms with E-state index in [0.29, 0.717) is 17.9 Å². The van der Waals surface area contributed by atoms with E-state index >= 15 is 0 Å². The Bertz CT molecular complexity index is 926. The molecule has 0 unspecified atom stereocenters. The first-order valence-corrected chi connectivity index (χ1v) is 11.4. The van der Waals surface area contributed by atoms with E-state index in [-0.39, 0.29) is 17.0 Å². The third-order valence-electron chi connectivity index (χ3n) is 4.41. The van der Waals surface area contributed by atoms with Gasteiger partial charge in [-0.15, -0.1) is 0 Å². The van der Waals surface area contributed by atoms with Crippen molar-refractivity contribution in [2.45, 2.75) is 79.4 Å². The number of benzene rings is 2. The summed E-state index contributed by atoms with van der Waals surface area (Å²) < 4.78 is 17.9. The second kappa shape index (κ2) is 10.7. The zero-order valence-corrected chi connectivity index (χ0v) is 20.9. The molecule has 0 aliphatic carbocycles. The predicted molar refractivity (Wildman–Crippen MR) is 132 cm³/mol. The lowest BCUT2D eigenvalue weighted by molar-refractivity contribution is 0.104.